The molecule has 0 aromatic heterocycles. The molecule has 0 saturated carbocycles. The van der Waals surface area contributed by atoms with Gasteiger partial charge in [0.1, 0.15) is 6.61 Å². The fourth-order valence-corrected chi connectivity index (χ4v) is 1.92. The van der Waals surface area contributed by atoms with Crippen molar-refractivity contribution < 1.29 is 14.5 Å². The summed E-state index contributed by atoms with van der Waals surface area (Å²) in [6.07, 6.45) is 2.58. The molecule has 0 saturated heterocycles. The lowest BCUT2D eigenvalue weighted by molar-refractivity contribution is -0.385. The predicted molar refractivity (Wildman–Crippen MR) is 83.1 cm³/mol. The second-order valence-corrected chi connectivity index (χ2v) is 4.68. The van der Waals surface area contributed by atoms with Crippen molar-refractivity contribution in [2.45, 2.75) is 13.5 Å². The summed E-state index contributed by atoms with van der Waals surface area (Å²) in [5.41, 5.74) is 2.28. The number of nitro groups is 1. The number of ether oxygens (including phenoxy) is 1. The van der Waals surface area contributed by atoms with Crippen LogP contribution in [0, 0.1) is 17.0 Å². The Morgan fingerprint density at radius 3 is 2.59 bits per heavy atom. The van der Waals surface area contributed by atoms with Gasteiger partial charge in [-0.25, -0.2) is 4.79 Å². The van der Waals surface area contributed by atoms with Crippen LogP contribution in [-0.2, 0) is 16.1 Å². The molecule has 0 bridgehead atoms. The Kier molecular flexibility index (Phi) is 5.03. The summed E-state index contributed by atoms with van der Waals surface area (Å²) in [7, 11) is 0. The maximum Gasteiger partial charge on any atom is 0.331 e. The number of rotatable bonds is 5. The van der Waals surface area contributed by atoms with E-state index in [1.807, 2.05) is 31.2 Å². The molecule has 2 aromatic carbocycles. The van der Waals surface area contributed by atoms with Gasteiger partial charge < -0.3 is 4.74 Å². The van der Waals surface area contributed by atoms with E-state index >= 15 is 0 Å². The van der Waals surface area contributed by atoms with E-state index in [1.165, 1.54) is 18.2 Å². The van der Waals surface area contributed by atoms with Crippen molar-refractivity contribution >= 4 is 17.7 Å². The molecule has 0 amide bonds. The van der Waals surface area contributed by atoms with Gasteiger partial charge in [0.2, 0.25) is 0 Å². The summed E-state index contributed by atoms with van der Waals surface area (Å²) >= 11 is 0. The zero-order valence-corrected chi connectivity index (χ0v) is 12.1. The van der Waals surface area contributed by atoms with Crippen LogP contribution in [0.2, 0.25) is 0 Å². The van der Waals surface area contributed by atoms with E-state index in [-0.39, 0.29) is 12.3 Å². The molecule has 0 unspecified atom stereocenters. The van der Waals surface area contributed by atoms with Gasteiger partial charge in [-0.15, -0.1) is 0 Å². The molecule has 0 aliphatic rings. The van der Waals surface area contributed by atoms with Crippen LogP contribution < -0.4 is 0 Å². The Morgan fingerprint density at radius 1 is 1.18 bits per heavy atom. The minimum absolute atomic E-state index is 0.0505. The summed E-state index contributed by atoms with van der Waals surface area (Å²) in [5, 5.41) is 10.9. The second-order valence-electron chi connectivity index (χ2n) is 4.68. The van der Waals surface area contributed by atoms with Crippen LogP contribution in [-0.4, -0.2) is 10.9 Å². The number of aryl methyl sites for hydroxylation is 1. The normalized spacial score (nSPS) is 10.6. The maximum absolute atomic E-state index is 11.7. The number of hydrogen-bond donors (Lipinski definition) is 0. The fourth-order valence-electron chi connectivity index (χ4n) is 1.92. The largest absolute Gasteiger partial charge is 0.458 e. The van der Waals surface area contributed by atoms with E-state index in [0.29, 0.717) is 5.56 Å². The first-order chi connectivity index (χ1) is 10.6. The lowest BCUT2D eigenvalue weighted by atomic mass is 10.1. The van der Waals surface area contributed by atoms with Gasteiger partial charge in [0.05, 0.1) is 10.5 Å². The third-order valence-electron chi connectivity index (χ3n) is 3.16. The molecule has 0 atom stereocenters. The lowest BCUT2D eigenvalue weighted by Crippen LogP contribution is -2.02. The van der Waals surface area contributed by atoms with Gasteiger partial charge in [0.25, 0.3) is 5.69 Å². The predicted octanol–water partition coefficient (Wildman–Crippen LogP) is 3.66. The van der Waals surface area contributed by atoms with Crippen LogP contribution in [0.25, 0.3) is 6.08 Å². The van der Waals surface area contributed by atoms with Gasteiger partial charge in [-0.1, -0.05) is 36.4 Å². The first-order valence-corrected chi connectivity index (χ1v) is 6.70. The molecular weight excluding hydrogens is 282 g/mol. The summed E-state index contributed by atoms with van der Waals surface area (Å²) < 4.78 is 5.14. The van der Waals surface area contributed by atoms with Gasteiger partial charge in [-0.3, -0.25) is 10.1 Å². The van der Waals surface area contributed by atoms with Gasteiger partial charge in [0, 0.05) is 12.1 Å². The molecular formula is C17H15NO4. The third-order valence-corrected chi connectivity index (χ3v) is 3.16. The highest BCUT2D eigenvalue weighted by Crippen LogP contribution is 2.19. The Balaban J connectivity index is 2.01. The number of para-hydroxylation sites is 1. The zero-order valence-electron chi connectivity index (χ0n) is 12.1. The molecule has 0 N–H and O–H groups in total. The molecule has 0 aliphatic heterocycles. The van der Waals surface area contributed by atoms with E-state index in [0.717, 1.165) is 11.1 Å². The summed E-state index contributed by atoms with van der Waals surface area (Å²) in [6.45, 7) is 2.11. The van der Waals surface area contributed by atoms with E-state index in [2.05, 4.69) is 0 Å². The second kappa shape index (κ2) is 7.17. The maximum atomic E-state index is 11.7. The van der Waals surface area contributed by atoms with Crippen LogP contribution >= 0.6 is 0 Å². The number of carbonyl (C=O) groups excluding carboxylic acids is 1. The van der Waals surface area contributed by atoms with Crippen molar-refractivity contribution in [3.63, 3.8) is 0 Å². The highest BCUT2D eigenvalue weighted by atomic mass is 16.6. The molecule has 0 radical (unpaired) electrons. The molecule has 0 aliphatic carbocycles. The Labute approximate surface area is 128 Å². The van der Waals surface area contributed by atoms with Crippen molar-refractivity contribution in [3.05, 3.63) is 81.4 Å². The average molecular weight is 297 g/mol. The van der Waals surface area contributed by atoms with Gasteiger partial charge in [0.15, 0.2) is 0 Å². The quantitative estimate of drug-likeness (QED) is 0.365. The van der Waals surface area contributed by atoms with Crippen molar-refractivity contribution in [1.82, 2.24) is 0 Å². The summed E-state index contributed by atoms with van der Waals surface area (Å²) in [5.74, 6) is -0.540. The Morgan fingerprint density at radius 2 is 1.86 bits per heavy atom. The van der Waals surface area contributed by atoms with Crippen molar-refractivity contribution in [1.29, 1.82) is 0 Å². The third kappa shape index (κ3) is 4.02. The summed E-state index contributed by atoms with van der Waals surface area (Å²) in [6, 6.07) is 13.8. The van der Waals surface area contributed by atoms with E-state index < -0.39 is 10.9 Å². The number of carbonyl (C=O) groups is 1. The topological polar surface area (TPSA) is 69.4 Å². The van der Waals surface area contributed by atoms with Crippen molar-refractivity contribution in [3.8, 4) is 0 Å². The molecule has 5 heteroatoms. The molecule has 5 nitrogen and oxygen atoms in total. The van der Waals surface area contributed by atoms with Crippen LogP contribution in [0.4, 0.5) is 5.69 Å². The SMILES string of the molecule is Cc1ccccc1COC(=O)/C=C/c1ccccc1[N+](=O)[O-]. The number of hydrogen-bond acceptors (Lipinski definition) is 4. The van der Waals surface area contributed by atoms with Gasteiger partial charge in [-0.2, -0.15) is 0 Å². The molecule has 0 heterocycles. The zero-order chi connectivity index (χ0) is 15.9. The average Bonchev–Trinajstić information content (AvgIpc) is 2.52. The van der Waals surface area contributed by atoms with Gasteiger partial charge >= 0.3 is 5.97 Å². The Bertz CT molecular complexity index is 722. The standard InChI is InChI=1S/C17H15NO4/c1-13-6-2-3-8-15(13)12-22-17(19)11-10-14-7-4-5-9-16(14)18(20)21/h2-11H,12H2,1H3/b11-10+. The van der Waals surface area contributed by atoms with E-state index in [1.54, 1.807) is 18.2 Å². The number of benzene rings is 2. The molecule has 0 fully saturated rings. The van der Waals surface area contributed by atoms with Crippen LogP contribution in [0.5, 0.6) is 0 Å². The van der Waals surface area contributed by atoms with Gasteiger partial charge in [-0.05, 0) is 30.2 Å². The molecule has 2 aromatic rings. The monoisotopic (exact) mass is 297 g/mol. The van der Waals surface area contributed by atoms with Crippen LogP contribution in [0.3, 0.4) is 0 Å². The van der Waals surface area contributed by atoms with Crippen molar-refractivity contribution in [2.24, 2.45) is 0 Å². The fraction of sp³-hybridized carbons (Fsp3) is 0.118. The number of nitrogens with zero attached hydrogens (tertiary/aromatic N) is 1. The minimum Gasteiger partial charge on any atom is -0.458 e. The molecule has 112 valence electrons. The van der Waals surface area contributed by atoms with Crippen LogP contribution in [0.15, 0.2) is 54.6 Å². The molecule has 22 heavy (non-hydrogen) atoms. The first-order valence-electron chi connectivity index (χ1n) is 6.70. The number of nitro benzene ring substituents is 1. The molecule has 2 rings (SSSR count). The number of esters is 1. The minimum atomic E-state index is -0.540. The lowest BCUT2D eigenvalue weighted by Gasteiger charge is -2.05. The first kappa shape index (κ1) is 15.4. The summed E-state index contributed by atoms with van der Waals surface area (Å²) in [4.78, 5) is 22.1. The van der Waals surface area contributed by atoms with E-state index in [4.69, 9.17) is 4.74 Å². The highest BCUT2D eigenvalue weighted by Gasteiger charge is 2.10. The van der Waals surface area contributed by atoms with E-state index in [9.17, 15) is 14.9 Å². The highest BCUT2D eigenvalue weighted by molar-refractivity contribution is 5.87. The van der Waals surface area contributed by atoms with Crippen LogP contribution in [0.1, 0.15) is 16.7 Å². The molecule has 0 spiro atoms. The smallest absolute Gasteiger partial charge is 0.331 e. The Hall–Kier alpha value is -2.95. The van der Waals surface area contributed by atoms with Crippen molar-refractivity contribution in [2.75, 3.05) is 0 Å².